The second kappa shape index (κ2) is 18.4. The van der Waals surface area contributed by atoms with Gasteiger partial charge in [0.1, 0.15) is 0 Å². The maximum absolute atomic E-state index is 5.46. The van der Waals surface area contributed by atoms with Gasteiger partial charge in [0.05, 0.1) is 11.4 Å². The van der Waals surface area contributed by atoms with Crippen molar-refractivity contribution in [2.24, 2.45) is 5.73 Å². The summed E-state index contributed by atoms with van der Waals surface area (Å²) in [5, 5.41) is 20.7. The molecular weight excluding hydrogens is 390 g/mol. The van der Waals surface area contributed by atoms with E-state index in [2.05, 4.69) is 55.0 Å². The van der Waals surface area contributed by atoms with Crippen LogP contribution in [0.4, 0.5) is 0 Å². The van der Waals surface area contributed by atoms with E-state index in [0.29, 0.717) is 6.54 Å². The maximum atomic E-state index is 5.46. The predicted octanol–water partition coefficient (Wildman–Crippen LogP) is -1.72. The molecule has 0 amide bonds. The Morgan fingerprint density at radius 2 is 1.39 bits per heavy atom. The molecule has 1 aromatic rings. The molecule has 0 saturated carbocycles. The van der Waals surface area contributed by atoms with Crippen LogP contribution in [0.1, 0.15) is 17.8 Å². The number of nitrogens with one attached hydrogen (secondary N) is 6. The van der Waals surface area contributed by atoms with Crippen molar-refractivity contribution in [2.45, 2.75) is 19.5 Å². The molecule has 0 radical (unpaired) electrons. The van der Waals surface area contributed by atoms with Crippen molar-refractivity contribution < 1.29 is 0 Å². The highest BCUT2D eigenvalue weighted by atomic mass is 15.2. The molecule has 0 unspecified atom stereocenters. The van der Waals surface area contributed by atoms with Crippen LogP contribution < -0.4 is 37.6 Å². The van der Waals surface area contributed by atoms with Crippen LogP contribution in [-0.2, 0) is 13.1 Å². The van der Waals surface area contributed by atoms with Crippen LogP contribution in [0.25, 0.3) is 0 Å². The van der Waals surface area contributed by atoms with Gasteiger partial charge in [0.15, 0.2) is 0 Å². The van der Waals surface area contributed by atoms with Crippen LogP contribution in [-0.4, -0.2) is 102 Å². The fourth-order valence-corrected chi connectivity index (χ4v) is 3.50. The Kier molecular flexibility index (Phi) is 15.5. The first-order valence-corrected chi connectivity index (χ1v) is 12.0. The molecule has 1 aliphatic rings. The Bertz CT molecular complexity index is 531. The Hall–Kier alpha value is -1.17. The minimum Gasteiger partial charge on any atom is -0.329 e. The second-order valence-electron chi connectivity index (χ2n) is 7.97. The van der Waals surface area contributed by atoms with E-state index < -0.39 is 0 Å². The van der Waals surface area contributed by atoms with E-state index in [-0.39, 0.29) is 0 Å². The summed E-state index contributed by atoms with van der Waals surface area (Å²) < 4.78 is 0. The Morgan fingerprint density at radius 3 is 2.10 bits per heavy atom. The summed E-state index contributed by atoms with van der Waals surface area (Å²) in [6.07, 6.45) is 1.13. The van der Waals surface area contributed by atoms with Gasteiger partial charge in [0.25, 0.3) is 0 Å². The second-order valence-corrected chi connectivity index (χ2v) is 7.97. The number of pyridine rings is 1. The average molecular weight is 436 g/mol. The first kappa shape index (κ1) is 26.1. The fourth-order valence-electron chi connectivity index (χ4n) is 3.50. The zero-order valence-corrected chi connectivity index (χ0v) is 19.2. The van der Waals surface area contributed by atoms with E-state index in [0.717, 1.165) is 116 Å². The lowest BCUT2D eigenvalue weighted by Gasteiger charge is -2.23. The minimum atomic E-state index is 0.705. The quantitative estimate of drug-likeness (QED) is 0.182. The lowest BCUT2D eigenvalue weighted by Crippen LogP contribution is -2.41. The largest absolute Gasteiger partial charge is 0.329 e. The summed E-state index contributed by atoms with van der Waals surface area (Å²) in [5.74, 6) is 0. The first-order valence-electron chi connectivity index (χ1n) is 12.0. The van der Waals surface area contributed by atoms with Crippen LogP contribution in [0.5, 0.6) is 0 Å². The van der Waals surface area contributed by atoms with Crippen LogP contribution >= 0.6 is 0 Å². The van der Waals surface area contributed by atoms with Gasteiger partial charge in [-0.2, -0.15) is 0 Å². The molecule has 0 aromatic carbocycles. The van der Waals surface area contributed by atoms with E-state index in [1.54, 1.807) is 0 Å². The molecular formula is C22H45N9. The number of nitrogens with two attached hydrogens (primary N) is 1. The Morgan fingerprint density at radius 1 is 0.774 bits per heavy atom. The molecule has 1 saturated heterocycles. The van der Waals surface area contributed by atoms with Gasteiger partial charge in [0.2, 0.25) is 0 Å². The smallest absolute Gasteiger partial charge is 0.0547 e. The number of rotatable bonds is 13. The van der Waals surface area contributed by atoms with Gasteiger partial charge in [-0.3, -0.25) is 9.88 Å². The topological polar surface area (TPSA) is 114 Å². The molecule has 9 nitrogen and oxygen atoms in total. The maximum Gasteiger partial charge on any atom is 0.0547 e. The number of nitrogens with zero attached hydrogens (tertiary/aromatic N) is 2. The summed E-state index contributed by atoms with van der Waals surface area (Å²) in [6.45, 7) is 15.5. The van der Waals surface area contributed by atoms with Crippen molar-refractivity contribution in [3.05, 3.63) is 29.6 Å². The zero-order chi connectivity index (χ0) is 21.8. The SMILES string of the molecule is NCCNCCCNCCNCc1cccc(CN2CCNCCNCCNCC2)n1. The molecule has 1 fully saturated rings. The zero-order valence-electron chi connectivity index (χ0n) is 19.2. The number of hydrogen-bond acceptors (Lipinski definition) is 9. The lowest BCUT2D eigenvalue weighted by molar-refractivity contribution is 0.260. The molecule has 1 aliphatic heterocycles. The fraction of sp³-hybridized carbons (Fsp3) is 0.773. The van der Waals surface area contributed by atoms with Crippen LogP contribution in [0.15, 0.2) is 18.2 Å². The van der Waals surface area contributed by atoms with Crippen molar-refractivity contribution in [3.63, 3.8) is 0 Å². The van der Waals surface area contributed by atoms with E-state index in [9.17, 15) is 0 Å². The summed E-state index contributed by atoms with van der Waals surface area (Å²) in [7, 11) is 0. The highest BCUT2D eigenvalue weighted by molar-refractivity contribution is 5.11. The summed E-state index contributed by atoms with van der Waals surface area (Å²) in [4.78, 5) is 7.37. The van der Waals surface area contributed by atoms with Crippen LogP contribution in [0.2, 0.25) is 0 Å². The third-order valence-electron chi connectivity index (χ3n) is 5.23. The normalized spacial score (nSPS) is 17.2. The van der Waals surface area contributed by atoms with E-state index in [4.69, 9.17) is 10.7 Å². The van der Waals surface area contributed by atoms with Crippen molar-refractivity contribution in [3.8, 4) is 0 Å². The van der Waals surface area contributed by atoms with Gasteiger partial charge in [-0.15, -0.1) is 0 Å². The molecule has 1 aromatic heterocycles. The summed E-state index contributed by atoms with van der Waals surface area (Å²) >= 11 is 0. The van der Waals surface area contributed by atoms with Crippen LogP contribution in [0, 0.1) is 0 Å². The van der Waals surface area contributed by atoms with Gasteiger partial charge in [-0.1, -0.05) is 6.07 Å². The van der Waals surface area contributed by atoms with Crippen molar-refractivity contribution >= 4 is 0 Å². The molecule has 0 atom stereocenters. The van der Waals surface area contributed by atoms with E-state index in [1.807, 2.05) is 0 Å². The van der Waals surface area contributed by atoms with Crippen molar-refractivity contribution in [1.29, 1.82) is 0 Å². The van der Waals surface area contributed by atoms with Gasteiger partial charge >= 0.3 is 0 Å². The molecule has 9 heteroatoms. The molecule has 0 bridgehead atoms. The van der Waals surface area contributed by atoms with Gasteiger partial charge in [0, 0.05) is 91.6 Å². The standard InChI is InChI=1S/C22H45N9/c23-5-8-24-6-2-7-25-13-14-29-19-21-3-1-4-22(30-21)20-31-17-15-27-11-9-26-10-12-28-16-18-31/h1,3-4,24-29H,2,5-20,23H2. The minimum absolute atomic E-state index is 0.705. The third kappa shape index (κ3) is 13.8. The summed E-state index contributed by atoms with van der Waals surface area (Å²) in [5.41, 5.74) is 7.72. The Balaban J connectivity index is 1.63. The van der Waals surface area contributed by atoms with E-state index >= 15 is 0 Å². The van der Waals surface area contributed by atoms with Gasteiger partial charge in [-0.05, 0) is 31.6 Å². The summed E-state index contributed by atoms with van der Waals surface area (Å²) in [6, 6.07) is 6.38. The van der Waals surface area contributed by atoms with Gasteiger partial charge < -0.3 is 37.6 Å². The third-order valence-corrected chi connectivity index (χ3v) is 5.23. The first-order chi connectivity index (χ1) is 15.4. The lowest BCUT2D eigenvalue weighted by atomic mass is 10.2. The van der Waals surface area contributed by atoms with Crippen molar-refractivity contribution in [2.75, 3.05) is 91.6 Å². The van der Waals surface area contributed by atoms with E-state index in [1.165, 1.54) is 0 Å². The molecule has 31 heavy (non-hydrogen) atoms. The highest BCUT2D eigenvalue weighted by Crippen LogP contribution is 2.04. The molecule has 0 aliphatic carbocycles. The van der Waals surface area contributed by atoms with Gasteiger partial charge in [-0.25, -0.2) is 0 Å². The van der Waals surface area contributed by atoms with Crippen LogP contribution in [0.3, 0.4) is 0 Å². The highest BCUT2D eigenvalue weighted by Gasteiger charge is 2.08. The number of hydrogen-bond donors (Lipinski definition) is 7. The molecule has 8 N–H and O–H groups in total. The average Bonchev–Trinajstić information content (AvgIpc) is 2.77. The monoisotopic (exact) mass is 435 g/mol. The predicted molar refractivity (Wildman–Crippen MR) is 129 cm³/mol. The molecule has 2 heterocycles. The van der Waals surface area contributed by atoms with Crippen molar-refractivity contribution in [1.82, 2.24) is 41.8 Å². The molecule has 178 valence electrons. The molecule has 0 spiro atoms. The number of aromatic nitrogens is 1. The Labute approximate surface area is 188 Å². The molecule has 2 rings (SSSR count).